The van der Waals surface area contributed by atoms with Gasteiger partial charge in [0.25, 0.3) is 0 Å². The van der Waals surface area contributed by atoms with Gasteiger partial charge >= 0.3 is 5.97 Å². The summed E-state index contributed by atoms with van der Waals surface area (Å²) < 4.78 is 5.41. The monoisotopic (exact) mass is 265 g/mol. The number of aliphatic carboxylic acids is 1. The second kappa shape index (κ2) is 7.14. The van der Waals surface area contributed by atoms with Crippen molar-refractivity contribution in [3.8, 4) is 5.75 Å². The van der Waals surface area contributed by atoms with Gasteiger partial charge in [-0.2, -0.15) is 0 Å². The Bertz CT molecular complexity index is 400. The average Bonchev–Trinajstić information content (AvgIpc) is 2.36. The first kappa shape index (κ1) is 15.5. The highest BCUT2D eigenvalue weighted by atomic mass is 16.5. The van der Waals surface area contributed by atoms with E-state index < -0.39 is 5.97 Å². The predicted molar refractivity (Wildman–Crippen MR) is 75.5 cm³/mol. The van der Waals surface area contributed by atoms with E-state index in [4.69, 9.17) is 9.84 Å². The maximum Gasteiger partial charge on any atom is 0.306 e. The summed E-state index contributed by atoms with van der Waals surface area (Å²) in [6.45, 7) is 4.34. The molecule has 1 rings (SSSR count). The molecule has 0 aromatic heterocycles. The van der Waals surface area contributed by atoms with E-state index in [9.17, 15) is 4.79 Å². The van der Waals surface area contributed by atoms with Crippen LogP contribution in [0.25, 0.3) is 0 Å². The fourth-order valence-electron chi connectivity index (χ4n) is 2.03. The van der Waals surface area contributed by atoms with Gasteiger partial charge in [-0.15, -0.1) is 0 Å². The van der Waals surface area contributed by atoms with Crippen LogP contribution < -0.4 is 4.74 Å². The number of nitrogens with zero attached hydrogens (tertiary/aromatic N) is 1. The second-order valence-corrected chi connectivity index (χ2v) is 4.96. The van der Waals surface area contributed by atoms with Gasteiger partial charge in [-0.05, 0) is 45.1 Å². The molecule has 0 aliphatic rings. The molecule has 4 heteroatoms. The Morgan fingerprint density at radius 3 is 2.32 bits per heavy atom. The molecule has 0 bridgehead atoms. The molecule has 106 valence electrons. The molecule has 0 fully saturated rings. The molecule has 0 amide bonds. The molecule has 2 atom stereocenters. The van der Waals surface area contributed by atoms with E-state index in [2.05, 4.69) is 4.90 Å². The zero-order valence-corrected chi connectivity index (χ0v) is 12.1. The number of carboxylic acid groups (broad SMARTS) is 1. The highest BCUT2D eigenvalue weighted by Gasteiger charge is 2.21. The Balaban J connectivity index is 2.84. The molecule has 0 saturated carbocycles. The van der Waals surface area contributed by atoms with Gasteiger partial charge in [0.2, 0.25) is 0 Å². The summed E-state index contributed by atoms with van der Waals surface area (Å²) in [5.41, 5.74) is 1.11. The molecular formula is C15H23NO3. The van der Waals surface area contributed by atoms with Crippen LogP contribution in [0.1, 0.15) is 31.9 Å². The van der Waals surface area contributed by atoms with Crippen molar-refractivity contribution in [2.45, 2.75) is 26.3 Å². The highest BCUT2D eigenvalue weighted by molar-refractivity contribution is 5.69. The molecule has 0 aliphatic carbocycles. The summed E-state index contributed by atoms with van der Waals surface area (Å²) in [6, 6.07) is 7.97. The molecule has 2 unspecified atom stereocenters. The van der Waals surface area contributed by atoms with Crippen LogP contribution >= 0.6 is 0 Å². The third-order valence-corrected chi connectivity index (χ3v) is 3.20. The normalized spacial score (nSPS) is 14.2. The van der Waals surface area contributed by atoms with Gasteiger partial charge in [-0.25, -0.2) is 0 Å². The van der Waals surface area contributed by atoms with E-state index in [1.807, 2.05) is 45.3 Å². The Labute approximate surface area is 115 Å². The van der Waals surface area contributed by atoms with Gasteiger partial charge in [0.15, 0.2) is 0 Å². The van der Waals surface area contributed by atoms with Gasteiger partial charge in [0, 0.05) is 6.04 Å². The molecule has 1 aromatic rings. The maximum absolute atomic E-state index is 11.0. The van der Waals surface area contributed by atoms with Crippen molar-refractivity contribution in [2.75, 3.05) is 20.7 Å². The van der Waals surface area contributed by atoms with Crippen molar-refractivity contribution in [3.63, 3.8) is 0 Å². The standard InChI is InChI=1S/C15H23NO3/c1-5-19-13-8-6-12(7-9-13)14(16(3)4)10-11(2)15(17)18/h6-9,11,14H,5,10H2,1-4H3,(H,17,18). The van der Waals surface area contributed by atoms with E-state index in [0.717, 1.165) is 11.3 Å². The van der Waals surface area contributed by atoms with Crippen LogP contribution in [-0.2, 0) is 4.79 Å². The van der Waals surface area contributed by atoms with Crippen molar-refractivity contribution >= 4 is 5.97 Å². The molecule has 0 spiro atoms. The molecule has 0 aliphatic heterocycles. The topological polar surface area (TPSA) is 49.8 Å². The molecule has 0 heterocycles. The van der Waals surface area contributed by atoms with E-state index >= 15 is 0 Å². The lowest BCUT2D eigenvalue weighted by Gasteiger charge is -2.26. The number of hydrogen-bond acceptors (Lipinski definition) is 3. The lowest BCUT2D eigenvalue weighted by molar-refractivity contribution is -0.141. The summed E-state index contributed by atoms with van der Waals surface area (Å²) in [5.74, 6) is -0.271. The summed E-state index contributed by atoms with van der Waals surface area (Å²) in [5, 5.41) is 9.04. The summed E-state index contributed by atoms with van der Waals surface area (Å²) in [7, 11) is 3.94. The number of benzene rings is 1. The molecular weight excluding hydrogens is 242 g/mol. The SMILES string of the molecule is CCOc1ccc(C(CC(C)C(=O)O)N(C)C)cc1. The quantitative estimate of drug-likeness (QED) is 0.823. The number of hydrogen-bond donors (Lipinski definition) is 1. The Kier molecular flexibility index (Phi) is 5.83. The molecule has 0 radical (unpaired) electrons. The third kappa shape index (κ3) is 4.56. The van der Waals surface area contributed by atoms with Crippen molar-refractivity contribution < 1.29 is 14.6 Å². The van der Waals surface area contributed by atoms with Crippen LogP contribution in [0.3, 0.4) is 0 Å². The molecule has 19 heavy (non-hydrogen) atoms. The highest BCUT2D eigenvalue weighted by Crippen LogP contribution is 2.27. The fourth-order valence-corrected chi connectivity index (χ4v) is 2.03. The number of carbonyl (C=O) groups is 1. The first-order valence-electron chi connectivity index (χ1n) is 6.57. The maximum atomic E-state index is 11.0. The van der Waals surface area contributed by atoms with Crippen LogP contribution in [0.2, 0.25) is 0 Å². The molecule has 4 nitrogen and oxygen atoms in total. The van der Waals surface area contributed by atoms with Gasteiger partial charge < -0.3 is 14.7 Å². The van der Waals surface area contributed by atoms with Crippen LogP contribution in [0, 0.1) is 5.92 Å². The lowest BCUT2D eigenvalue weighted by atomic mass is 9.95. The van der Waals surface area contributed by atoms with Gasteiger partial charge in [-0.1, -0.05) is 19.1 Å². The summed E-state index contributed by atoms with van der Waals surface area (Å²) >= 11 is 0. The number of rotatable bonds is 7. The average molecular weight is 265 g/mol. The van der Waals surface area contributed by atoms with Crippen LogP contribution in [-0.4, -0.2) is 36.7 Å². The first-order chi connectivity index (χ1) is 8.95. The third-order valence-electron chi connectivity index (χ3n) is 3.20. The van der Waals surface area contributed by atoms with Gasteiger partial charge in [0.05, 0.1) is 12.5 Å². The van der Waals surface area contributed by atoms with Crippen LogP contribution in [0.5, 0.6) is 5.75 Å². The van der Waals surface area contributed by atoms with Crippen LogP contribution in [0.15, 0.2) is 24.3 Å². The zero-order chi connectivity index (χ0) is 14.4. The number of carboxylic acids is 1. The molecule has 1 N–H and O–H groups in total. The van der Waals surface area contributed by atoms with Crippen molar-refractivity contribution in [2.24, 2.45) is 5.92 Å². The summed E-state index contributed by atoms with van der Waals surface area (Å²) in [6.07, 6.45) is 0.594. The predicted octanol–water partition coefficient (Wildman–Crippen LogP) is 2.80. The van der Waals surface area contributed by atoms with E-state index in [1.54, 1.807) is 6.92 Å². The van der Waals surface area contributed by atoms with E-state index in [1.165, 1.54) is 0 Å². The van der Waals surface area contributed by atoms with E-state index in [-0.39, 0.29) is 12.0 Å². The Hall–Kier alpha value is -1.55. The van der Waals surface area contributed by atoms with Crippen LogP contribution in [0.4, 0.5) is 0 Å². The largest absolute Gasteiger partial charge is 0.494 e. The van der Waals surface area contributed by atoms with Gasteiger partial charge in [-0.3, -0.25) is 4.79 Å². The number of ether oxygens (including phenoxy) is 1. The Morgan fingerprint density at radius 1 is 1.32 bits per heavy atom. The van der Waals surface area contributed by atoms with E-state index in [0.29, 0.717) is 13.0 Å². The minimum atomic E-state index is -0.752. The second-order valence-electron chi connectivity index (χ2n) is 4.96. The minimum Gasteiger partial charge on any atom is -0.494 e. The Morgan fingerprint density at radius 2 is 1.89 bits per heavy atom. The van der Waals surface area contributed by atoms with Gasteiger partial charge in [0.1, 0.15) is 5.75 Å². The molecule has 0 saturated heterocycles. The minimum absolute atomic E-state index is 0.0989. The summed E-state index contributed by atoms with van der Waals surface area (Å²) in [4.78, 5) is 13.0. The molecule has 1 aromatic carbocycles. The lowest BCUT2D eigenvalue weighted by Crippen LogP contribution is -2.24. The zero-order valence-electron chi connectivity index (χ0n) is 12.1. The first-order valence-corrected chi connectivity index (χ1v) is 6.57. The van der Waals surface area contributed by atoms with Crippen molar-refractivity contribution in [1.82, 2.24) is 4.90 Å². The fraction of sp³-hybridized carbons (Fsp3) is 0.533. The van der Waals surface area contributed by atoms with Crippen molar-refractivity contribution in [3.05, 3.63) is 29.8 Å². The smallest absolute Gasteiger partial charge is 0.306 e. The van der Waals surface area contributed by atoms with Crippen molar-refractivity contribution in [1.29, 1.82) is 0 Å².